The molecule has 18 heavy (non-hydrogen) atoms. The van der Waals surface area contributed by atoms with E-state index in [4.69, 9.17) is 4.42 Å². The van der Waals surface area contributed by atoms with Crippen molar-refractivity contribution in [1.82, 2.24) is 5.32 Å². The molecular formula is C15H18FNO. The third kappa shape index (κ3) is 2.27. The van der Waals surface area contributed by atoms with Crippen LogP contribution in [0.3, 0.4) is 0 Å². The first kappa shape index (κ1) is 11.7. The summed E-state index contributed by atoms with van der Waals surface area (Å²) in [6.07, 6.45) is 4.51. The van der Waals surface area contributed by atoms with Gasteiger partial charge in [-0.15, -0.1) is 0 Å². The van der Waals surface area contributed by atoms with Gasteiger partial charge >= 0.3 is 0 Å². The Morgan fingerprint density at radius 3 is 2.94 bits per heavy atom. The van der Waals surface area contributed by atoms with Gasteiger partial charge in [0.15, 0.2) is 0 Å². The van der Waals surface area contributed by atoms with Crippen LogP contribution in [0.15, 0.2) is 22.6 Å². The fraction of sp³-hybridized carbons (Fsp3) is 0.467. The van der Waals surface area contributed by atoms with Gasteiger partial charge < -0.3 is 9.73 Å². The maximum absolute atomic E-state index is 13.3. The molecule has 0 saturated heterocycles. The van der Waals surface area contributed by atoms with Gasteiger partial charge in [-0.05, 0) is 37.5 Å². The highest BCUT2D eigenvalue weighted by Gasteiger charge is 2.22. The number of nitrogens with one attached hydrogen (secondary N) is 1. The van der Waals surface area contributed by atoms with Gasteiger partial charge in [-0.3, -0.25) is 0 Å². The highest BCUT2D eigenvalue weighted by Crippen LogP contribution is 2.29. The van der Waals surface area contributed by atoms with E-state index in [2.05, 4.69) is 12.2 Å². The number of hydrogen-bond acceptors (Lipinski definition) is 2. The number of aryl methyl sites for hydroxylation is 1. The van der Waals surface area contributed by atoms with Crippen LogP contribution in [0.25, 0.3) is 11.0 Å². The molecule has 1 heterocycles. The molecule has 1 aliphatic carbocycles. The van der Waals surface area contributed by atoms with Crippen molar-refractivity contribution >= 4 is 11.0 Å². The second-order valence-electron chi connectivity index (χ2n) is 5.05. The van der Waals surface area contributed by atoms with Crippen LogP contribution in [0.1, 0.15) is 37.5 Å². The van der Waals surface area contributed by atoms with Gasteiger partial charge in [0.2, 0.25) is 0 Å². The normalized spacial score (nSPS) is 15.4. The maximum atomic E-state index is 13.3. The summed E-state index contributed by atoms with van der Waals surface area (Å²) in [5.41, 5.74) is 1.97. The molecule has 1 saturated carbocycles. The Morgan fingerprint density at radius 2 is 2.22 bits per heavy atom. The molecule has 0 atom stereocenters. The highest BCUT2D eigenvalue weighted by atomic mass is 19.1. The summed E-state index contributed by atoms with van der Waals surface area (Å²) in [4.78, 5) is 0. The Kier molecular flexibility index (Phi) is 3.08. The van der Waals surface area contributed by atoms with Gasteiger partial charge in [-0.2, -0.15) is 0 Å². The lowest BCUT2D eigenvalue weighted by atomic mass is 10.1. The molecule has 2 nitrogen and oxygen atoms in total. The molecule has 1 aromatic heterocycles. The molecule has 96 valence electrons. The Labute approximate surface area is 106 Å². The van der Waals surface area contributed by atoms with E-state index in [0.29, 0.717) is 6.04 Å². The molecule has 1 aromatic carbocycles. The largest absolute Gasteiger partial charge is 0.459 e. The fourth-order valence-electron chi connectivity index (χ4n) is 2.36. The average molecular weight is 247 g/mol. The van der Waals surface area contributed by atoms with Crippen LogP contribution in [0.2, 0.25) is 0 Å². The van der Waals surface area contributed by atoms with E-state index in [1.807, 2.05) is 0 Å². The van der Waals surface area contributed by atoms with Crippen LogP contribution >= 0.6 is 0 Å². The number of benzene rings is 1. The Hall–Kier alpha value is -1.35. The average Bonchev–Trinajstić information content (AvgIpc) is 3.13. The quantitative estimate of drug-likeness (QED) is 0.870. The summed E-state index contributed by atoms with van der Waals surface area (Å²) in [5.74, 6) is 0.784. The van der Waals surface area contributed by atoms with E-state index in [0.717, 1.165) is 36.1 Å². The van der Waals surface area contributed by atoms with Gasteiger partial charge in [-0.25, -0.2) is 4.39 Å². The zero-order chi connectivity index (χ0) is 12.5. The molecule has 0 radical (unpaired) electrons. The summed E-state index contributed by atoms with van der Waals surface area (Å²) >= 11 is 0. The molecule has 1 N–H and O–H groups in total. The summed E-state index contributed by atoms with van der Waals surface area (Å²) in [6.45, 7) is 2.90. The van der Waals surface area contributed by atoms with Gasteiger partial charge in [0.1, 0.15) is 17.2 Å². The third-order valence-corrected chi connectivity index (χ3v) is 3.47. The minimum absolute atomic E-state index is 0.192. The van der Waals surface area contributed by atoms with Gasteiger partial charge in [0, 0.05) is 17.0 Å². The number of furan rings is 1. The molecule has 1 aliphatic rings. The van der Waals surface area contributed by atoms with E-state index in [-0.39, 0.29) is 5.82 Å². The molecule has 0 bridgehead atoms. The van der Waals surface area contributed by atoms with E-state index < -0.39 is 0 Å². The highest BCUT2D eigenvalue weighted by molar-refractivity contribution is 5.82. The van der Waals surface area contributed by atoms with Crippen molar-refractivity contribution in [2.45, 2.75) is 45.2 Å². The summed E-state index contributed by atoms with van der Waals surface area (Å²) in [6, 6.07) is 5.43. The predicted octanol–water partition coefficient (Wildman–Crippen LogP) is 3.78. The Morgan fingerprint density at radius 1 is 1.39 bits per heavy atom. The standard InChI is InChI=1S/C15H18FNO/c1-2-3-12-13-8-10(16)4-7-14(13)18-15(12)9-17-11-5-6-11/h4,7-8,11,17H,2-3,5-6,9H2,1H3. The molecule has 0 spiro atoms. The topological polar surface area (TPSA) is 25.2 Å². The zero-order valence-corrected chi connectivity index (χ0v) is 10.6. The number of hydrogen-bond donors (Lipinski definition) is 1. The zero-order valence-electron chi connectivity index (χ0n) is 10.6. The monoisotopic (exact) mass is 247 g/mol. The molecule has 0 unspecified atom stereocenters. The van der Waals surface area contributed by atoms with E-state index >= 15 is 0 Å². The first-order valence-corrected chi connectivity index (χ1v) is 6.71. The van der Waals surface area contributed by atoms with Crippen LogP contribution in [0.5, 0.6) is 0 Å². The third-order valence-electron chi connectivity index (χ3n) is 3.47. The lowest BCUT2D eigenvalue weighted by molar-refractivity contribution is 0.505. The minimum Gasteiger partial charge on any atom is -0.459 e. The smallest absolute Gasteiger partial charge is 0.134 e. The van der Waals surface area contributed by atoms with Crippen LogP contribution in [-0.2, 0) is 13.0 Å². The minimum atomic E-state index is -0.192. The molecule has 3 rings (SSSR count). The van der Waals surface area contributed by atoms with Crippen LogP contribution in [-0.4, -0.2) is 6.04 Å². The molecule has 3 heteroatoms. The van der Waals surface area contributed by atoms with E-state index in [1.165, 1.54) is 24.5 Å². The van der Waals surface area contributed by atoms with Crippen LogP contribution < -0.4 is 5.32 Å². The van der Waals surface area contributed by atoms with Crippen molar-refractivity contribution < 1.29 is 8.81 Å². The van der Waals surface area contributed by atoms with E-state index in [9.17, 15) is 4.39 Å². The first-order chi connectivity index (χ1) is 8.78. The fourth-order valence-corrected chi connectivity index (χ4v) is 2.36. The summed E-state index contributed by atoms with van der Waals surface area (Å²) in [7, 11) is 0. The molecule has 0 amide bonds. The first-order valence-electron chi connectivity index (χ1n) is 6.71. The van der Waals surface area contributed by atoms with Gasteiger partial charge in [0.25, 0.3) is 0 Å². The summed E-state index contributed by atoms with van der Waals surface area (Å²) < 4.78 is 19.2. The number of rotatable bonds is 5. The van der Waals surface area contributed by atoms with Crippen molar-refractivity contribution in [1.29, 1.82) is 0 Å². The predicted molar refractivity (Wildman–Crippen MR) is 70.0 cm³/mol. The SMILES string of the molecule is CCCc1c(CNC2CC2)oc2ccc(F)cc12. The lowest BCUT2D eigenvalue weighted by Gasteiger charge is -2.02. The Bertz CT molecular complexity index is 557. The molecule has 0 aliphatic heterocycles. The lowest BCUT2D eigenvalue weighted by Crippen LogP contribution is -2.15. The maximum Gasteiger partial charge on any atom is 0.134 e. The van der Waals surface area contributed by atoms with Crippen LogP contribution in [0, 0.1) is 5.82 Å². The van der Waals surface area contributed by atoms with Crippen molar-refractivity contribution in [3.63, 3.8) is 0 Å². The van der Waals surface area contributed by atoms with Crippen LogP contribution in [0.4, 0.5) is 4.39 Å². The molecular weight excluding hydrogens is 229 g/mol. The van der Waals surface area contributed by atoms with Gasteiger partial charge in [-0.1, -0.05) is 13.3 Å². The van der Waals surface area contributed by atoms with Gasteiger partial charge in [0.05, 0.1) is 6.54 Å². The molecule has 2 aromatic rings. The number of halogens is 1. The van der Waals surface area contributed by atoms with Crippen molar-refractivity contribution in [3.8, 4) is 0 Å². The second kappa shape index (κ2) is 4.73. The van der Waals surface area contributed by atoms with E-state index in [1.54, 1.807) is 12.1 Å². The number of fused-ring (bicyclic) bond motifs is 1. The van der Waals surface area contributed by atoms with Crippen molar-refractivity contribution in [3.05, 3.63) is 35.3 Å². The van der Waals surface area contributed by atoms with Crippen molar-refractivity contribution in [2.24, 2.45) is 0 Å². The second-order valence-corrected chi connectivity index (χ2v) is 5.05. The Balaban J connectivity index is 1.96. The summed E-state index contributed by atoms with van der Waals surface area (Å²) in [5, 5.41) is 4.39. The molecule has 1 fully saturated rings. The van der Waals surface area contributed by atoms with Crippen molar-refractivity contribution in [2.75, 3.05) is 0 Å².